The van der Waals surface area contributed by atoms with Crippen LogP contribution in [0.1, 0.15) is 29.3 Å². The highest BCUT2D eigenvalue weighted by molar-refractivity contribution is 5.94. The fraction of sp³-hybridized carbons (Fsp3) is 0.278. The minimum atomic E-state index is -4.78. The summed E-state index contributed by atoms with van der Waals surface area (Å²) >= 11 is 0. The van der Waals surface area contributed by atoms with Crippen LogP contribution < -0.4 is 10.1 Å². The van der Waals surface area contributed by atoms with Crippen LogP contribution in [-0.4, -0.2) is 18.3 Å². The van der Waals surface area contributed by atoms with Gasteiger partial charge in [-0.1, -0.05) is 36.4 Å². The van der Waals surface area contributed by atoms with Gasteiger partial charge in [0.05, 0.1) is 0 Å². The first kappa shape index (κ1) is 17.8. The van der Waals surface area contributed by atoms with E-state index in [4.69, 9.17) is 0 Å². The first-order chi connectivity index (χ1) is 11.3. The minimum Gasteiger partial charge on any atom is -0.406 e. The number of amides is 1. The molecule has 2 rings (SSSR count). The van der Waals surface area contributed by atoms with Gasteiger partial charge in [-0.3, -0.25) is 4.79 Å². The standard InChI is InChI=1S/C18H18F3NO2/c1-13(10-11-14-6-3-2-4-7-14)22-17(23)15-8-5-9-16(12-15)24-18(19,20)21/h2-9,12-13H,10-11H2,1H3,(H,22,23)/t13-/m1/s1. The summed E-state index contributed by atoms with van der Waals surface area (Å²) in [6.45, 7) is 1.86. The average molecular weight is 337 g/mol. The van der Waals surface area contributed by atoms with Crippen LogP contribution in [0.4, 0.5) is 13.2 Å². The van der Waals surface area contributed by atoms with Crippen molar-refractivity contribution in [3.05, 3.63) is 65.7 Å². The van der Waals surface area contributed by atoms with Crippen molar-refractivity contribution in [3.63, 3.8) is 0 Å². The normalized spacial score (nSPS) is 12.5. The summed E-state index contributed by atoms with van der Waals surface area (Å²) in [5.74, 6) is -0.838. The molecule has 0 saturated heterocycles. The van der Waals surface area contributed by atoms with Gasteiger partial charge in [-0.05, 0) is 43.5 Å². The lowest BCUT2D eigenvalue weighted by Crippen LogP contribution is -2.32. The van der Waals surface area contributed by atoms with Gasteiger partial charge in [-0.2, -0.15) is 0 Å². The Kier molecular flexibility index (Phi) is 5.84. The number of ether oxygens (including phenoxy) is 1. The smallest absolute Gasteiger partial charge is 0.406 e. The van der Waals surface area contributed by atoms with E-state index in [1.807, 2.05) is 37.3 Å². The van der Waals surface area contributed by atoms with Crippen LogP contribution in [0.15, 0.2) is 54.6 Å². The fourth-order valence-corrected chi connectivity index (χ4v) is 2.24. The number of alkyl halides is 3. The summed E-state index contributed by atoms with van der Waals surface area (Å²) in [6, 6.07) is 14.8. The van der Waals surface area contributed by atoms with Crippen molar-refractivity contribution in [3.8, 4) is 5.75 Å². The molecule has 0 saturated carbocycles. The lowest BCUT2D eigenvalue weighted by molar-refractivity contribution is -0.274. The minimum absolute atomic E-state index is 0.107. The first-order valence-corrected chi connectivity index (χ1v) is 7.54. The van der Waals surface area contributed by atoms with Crippen molar-refractivity contribution < 1.29 is 22.7 Å². The highest BCUT2D eigenvalue weighted by atomic mass is 19.4. The van der Waals surface area contributed by atoms with E-state index in [1.54, 1.807) is 0 Å². The molecule has 0 heterocycles. The molecule has 0 aliphatic carbocycles. The van der Waals surface area contributed by atoms with Crippen LogP contribution in [0.25, 0.3) is 0 Å². The monoisotopic (exact) mass is 337 g/mol. The lowest BCUT2D eigenvalue weighted by Gasteiger charge is -2.15. The van der Waals surface area contributed by atoms with Gasteiger partial charge in [0, 0.05) is 11.6 Å². The van der Waals surface area contributed by atoms with Crippen LogP contribution in [-0.2, 0) is 6.42 Å². The van der Waals surface area contributed by atoms with Crippen molar-refractivity contribution in [2.75, 3.05) is 0 Å². The second-order valence-electron chi connectivity index (χ2n) is 5.47. The van der Waals surface area contributed by atoms with Gasteiger partial charge in [0.25, 0.3) is 5.91 Å². The van der Waals surface area contributed by atoms with Crippen LogP contribution in [0.2, 0.25) is 0 Å². The molecule has 24 heavy (non-hydrogen) atoms. The molecule has 0 bridgehead atoms. The van der Waals surface area contributed by atoms with E-state index in [0.29, 0.717) is 0 Å². The van der Waals surface area contributed by atoms with Crippen LogP contribution in [0, 0.1) is 0 Å². The SMILES string of the molecule is C[C@H](CCc1ccccc1)NC(=O)c1cccc(OC(F)(F)F)c1. The van der Waals surface area contributed by atoms with E-state index in [2.05, 4.69) is 10.1 Å². The van der Waals surface area contributed by atoms with Crippen LogP contribution in [0.3, 0.4) is 0 Å². The van der Waals surface area contributed by atoms with Crippen LogP contribution in [0.5, 0.6) is 5.75 Å². The van der Waals surface area contributed by atoms with Gasteiger partial charge in [-0.15, -0.1) is 13.2 Å². The van der Waals surface area contributed by atoms with Gasteiger partial charge in [0.1, 0.15) is 5.75 Å². The third-order valence-electron chi connectivity index (χ3n) is 3.42. The Labute approximate surface area is 138 Å². The summed E-state index contributed by atoms with van der Waals surface area (Å²) in [5.41, 5.74) is 1.29. The van der Waals surface area contributed by atoms with Crippen molar-refractivity contribution >= 4 is 5.91 Å². The molecule has 0 aliphatic heterocycles. The molecule has 0 fully saturated rings. The van der Waals surface area contributed by atoms with Crippen molar-refractivity contribution in [2.24, 2.45) is 0 Å². The van der Waals surface area contributed by atoms with Crippen molar-refractivity contribution in [1.29, 1.82) is 0 Å². The Hall–Kier alpha value is -2.50. The van der Waals surface area contributed by atoms with E-state index in [0.717, 1.165) is 25.0 Å². The molecular formula is C18H18F3NO2. The second-order valence-corrected chi connectivity index (χ2v) is 5.47. The number of halogens is 3. The zero-order valence-electron chi connectivity index (χ0n) is 13.1. The lowest BCUT2D eigenvalue weighted by atomic mass is 10.1. The van der Waals surface area contributed by atoms with Gasteiger partial charge in [-0.25, -0.2) is 0 Å². The number of rotatable bonds is 6. The summed E-state index contributed by atoms with van der Waals surface area (Å²) in [5, 5.41) is 2.78. The summed E-state index contributed by atoms with van der Waals surface area (Å²) < 4.78 is 40.5. The predicted octanol–water partition coefficient (Wildman–Crippen LogP) is 4.34. The third-order valence-corrected chi connectivity index (χ3v) is 3.42. The second kappa shape index (κ2) is 7.86. The fourth-order valence-electron chi connectivity index (χ4n) is 2.24. The predicted molar refractivity (Wildman–Crippen MR) is 84.8 cm³/mol. The largest absolute Gasteiger partial charge is 0.573 e. The summed E-state index contributed by atoms with van der Waals surface area (Å²) in [6.07, 6.45) is -3.24. The molecule has 6 heteroatoms. The topological polar surface area (TPSA) is 38.3 Å². The molecule has 0 unspecified atom stereocenters. The molecule has 0 spiro atoms. The molecule has 3 nitrogen and oxygen atoms in total. The zero-order chi connectivity index (χ0) is 17.6. The van der Waals surface area contributed by atoms with Gasteiger partial charge >= 0.3 is 6.36 Å². The van der Waals surface area contributed by atoms with Gasteiger partial charge < -0.3 is 10.1 Å². The first-order valence-electron chi connectivity index (χ1n) is 7.54. The average Bonchev–Trinajstić information content (AvgIpc) is 2.52. The molecule has 1 N–H and O–H groups in total. The Morgan fingerprint density at radius 1 is 1.12 bits per heavy atom. The van der Waals surface area contributed by atoms with Crippen molar-refractivity contribution in [2.45, 2.75) is 32.2 Å². The maximum Gasteiger partial charge on any atom is 0.573 e. The van der Waals surface area contributed by atoms with E-state index in [9.17, 15) is 18.0 Å². The Morgan fingerprint density at radius 2 is 1.83 bits per heavy atom. The van der Waals surface area contributed by atoms with E-state index in [-0.39, 0.29) is 11.6 Å². The molecule has 1 amide bonds. The molecule has 0 aliphatic rings. The molecule has 1 atom stereocenters. The Balaban J connectivity index is 1.90. The maximum absolute atomic E-state index is 12.2. The molecule has 0 aromatic heterocycles. The zero-order valence-corrected chi connectivity index (χ0v) is 13.1. The molecule has 2 aromatic carbocycles. The van der Waals surface area contributed by atoms with E-state index >= 15 is 0 Å². The van der Waals surface area contributed by atoms with E-state index < -0.39 is 18.0 Å². The molecule has 2 aromatic rings. The van der Waals surface area contributed by atoms with Gasteiger partial charge in [0.15, 0.2) is 0 Å². The molecule has 0 radical (unpaired) electrons. The number of carbonyl (C=O) groups excluding carboxylic acids is 1. The number of nitrogens with one attached hydrogen (secondary N) is 1. The number of aryl methyl sites for hydroxylation is 1. The maximum atomic E-state index is 12.2. The number of hydrogen-bond acceptors (Lipinski definition) is 2. The van der Waals surface area contributed by atoms with Crippen molar-refractivity contribution in [1.82, 2.24) is 5.32 Å². The highest BCUT2D eigenvalue weighted by Crippen LogP contribution is 2.23. The number of carbonyl (C=O) groups is 1. The molecular weight excluding hydrogens is 319 g/mol. The molecule has 128 valence electrons. The summed E-state index contributed by atoms with van der Waals surface area (Å²) in [4.78, 5) is 12.1. The third kappa shape index (κ3) is 5.95. The number of hydrogen-bond donors (Lipinski definition) is 1. The quantitative estimate of drug-likeness (QED) is 0.852. The van der Waals surface area contributed by atoms with E-state index in [1.165, 1.54) is 17.7 Å². The number of benzene rings is 2. The Morgan fingerprint density at radius 3 is 2.50 bits per heavy atom. The highest BCUT2D eigenvalue weighted by Gasteiger charge is 2.31. The van der Waals surface area contributed by atoms with Gasteiger partial charge in [0.2, 0.25) is 0 Å². The Bertz CT molecular complexity index is 671. The summed E-state index contributed by atoms with van der Waals surface area (Å²) in [7, 11) is 0. The van der Waals surface area contributed by atoms with Crippen LogP contribution >= 0.6 is 0 Å².